The third-order valence-corrected chi connectivity index (χ3v) is 4.54. The molecule has 132 valence electrons. The summed E-state index contributed by atoms with van der Waals surface area (Å²) in [6.45, 7) is 5.26. The molecule has 7 heteroatoms. The second kappa shape index (κ2) is 6.48. The molecule has 2 aromatic rings. The molecular formula is C18H19F2N3O2. The maximum absolute atomic E-state index is 14.2. The average Bonchev–Trinajstić information content (AvgIpc) is 2.94. The van der Waals surface area contributed by atoms with Gasteiger partial charge in [-0.15, -0.1) is 0 Å². The summed E-state index contributed by atoms with van der Waals surface area (Å²) in [5, 5.41) is 10.0. The molecule has 1 aliphatic rings. The lowest BCUT2D eigenvalue weighted by molar-refractivity contribution is 0.0706. The minimum Gasteiger partial charge on any atom is -0.391 e. The lowest BCUT2D eigenvalue weighted by Gasteiger charge is -2.25. The average molecular weight is 347 g/mol. The molecule has 1 saturated heterocycles. The van der Waals surface area contributed by atoms with Gasteiger partial charge in [0.2, 0.25) is 0 Å². The van der Waals surface area contributed by atoms with Crippen molar-refractivity contribution < 1.29 is 18.7 Å². The van der Waals surface area contributed by atoms with Crippen molar-refractivity contribution in [2.24, 2.45) is 0 Å². The second-order valence-electron chi connectivity index (χ2n) is 6.36. The standard InChI is InChI=1S/C18H19F2N3O2/c1-9-10(2)22-17(11(3)21-9)18(25)23-8-13(24)7-16(23)14-6-12(19)4-5-15(14)20/h4-6,13,16,24H,7-8H2,1-3H3/t13-,16+/m0/s1. The van der Waals surface area contributed by atoms with Crippen molar-refractivity contribution in [3.8, 4) is 0 Å². The number of likely N-dealkylation sites (tertiary alicyclic amines) is 1. The molecule has 0 spiro atoms. The number of aryl methyl sites for hydroxylation is 3. The highest BCUT2D eigenvalue weighted by atomic mass is 19.1. The van der Waals surface area contributed by atoms with Crippen LogP contribution in [0, 0.1) is 32.4 Å². The van der Waals surface area contributed by atoms with Gasteiger partial charge >= 0.3 is 0 Å². The summed E-state index contributed by atoms with van der Waals surface area (Å²) in [7, 11) is 0. The van der Waals surface area contributed by atoms with Crippen LogP contribution in [0.4, 0.5) is 8.78 Å². The number of benzene rings is 1. The number of carbonyl (C=O) groups excluding carboxylic acids is 1. The van der Waals surface area contributed by atoms with Crippen molar-refractivity contribution in [1.29, 1.82) is 0 Å². The van der Waals surface area contributed by atoms with E-state index >= 15 is 0 Å². The highest BCUT2D eigenvalue weighted by Crippen LogP contribution is 2.35. The largest absolute Gasteiger partial charge is 0.391 e. The molecule has 0 bridgehead atoms. The number of hydrogen-bond donors (Lipinski definition) is 1. The van der Waals surface area contributed by atoms with Gasteiger partial charge in [-0.2, -0.15) is 0 Å². The van der Waals surface area contributed by atoms with Crippen LogP contribution < -0.4 is 0 Å². The predicted molar refractivity (Wildman–Crippen MR) is 87.0 cm³/mol. The second-order valence-corrected chi connectivity index (χ2v) is 6.36. The number of aromatic nitrogens is 2. The number of amides is 1. The number of aliphatic hydroxyl groups excluding tert-OH is 1. The number of rotatable bonds is 2. The van der Waals surface area contributed by atoms with Gasteiger partial charge in [-0.25, -0.2) is 13.8 Å². The summed E-state index contributed by atoms with van der Waals surface area (Å²) in [5.74, 6) is -1.65. The van der Waals surface area contributed by atoms with Gasteiger partial charge in [-0.05, 0) is 45.4 Å². The third kappa shape index (κ3) is 3.24. The van der Waals surface area contributed by atoms with Gasteiger partial charge in [-0.1, -0.05) is 0 Å². The Morgan fingerprint density at radius 1 is 1.16 bits per heavy atom. The van der Waals surface area contributed by atoms with Crippen molar-refractivity contribution in [1.82, 2.24) is 14.9 Å². The van der Waals surface area contributed by atoms with E-state index in [1.807, 2.05) is 0 Å². The Kier molecular flexibility index (Phi) is 4.51. The fourth-order valence-electron chi connectivity index (χ4n) is 3.16. The molecule has 2 heterocycles. The first-order valence-corrected chi connectivity index (χ1v) is 8.03. The maximum Gasteiger partial charge on any atom is 0.274 e. The Labute approximate surface area is 144 Å². The van der Waals surface area contributed by atoms with Crippen molar-refractivity contribution in [2.75, 3.05) is 6.54 Å². The number of carbonyl (C=O) groups is 1. The zero-order valence-corrected chi connectivity index (χ0v) is 14.3. The van der Waals surface area contributed by atoms with E-state index < -0.39 is 29.7 Å². The topological polar surface area (TPSA) is 66.3 Å². The number of aliphatic hydroxyl groups is 1. The van der Waals surface area contributed by atoms with E-state index in [1.165, 1.54) is 4.90 Å². The number of halogens is 2. The van der Waals surface area contributed by atoms with Crippen molar-refractivity contribution >= 4 is 5.91 Å². The molecule has 1 aromatic heterocycles. The van der Waals surface area contributed by atoms with Gasteiger partial charge in [0.25, 0.3) is 5.91 Å². The molecule has 0 aliphatic carbocycles. The van der Waals surface area contributed by atoms with Gasteiger partial charge in [0, 0.05) is 12.1 Å². The molecule has 1 amide bonds. The highest BCUT2D eigenvalue weighted by Gasteiger charge is 2.38. The first-order valence-electron chi connectivity index (χ1n) is 8.03. The van der Waals surface area contributed by atoms with Crippen molar-refractivity contribution in [2.45, 2.75) is 39.3 Å². The molecule has 1 aromatic carbocycles. The van der Waals surface area contributed by atoms with Gasteiger partial charge in [-0.3, -0.25) is 9.78 Å². The zero-order chi connectivity index (χ0) is 18.3. The smallest absolute Gasteiger partial charge is 0.274 e. The molecule has 0 radical (unpaired) electrons. The summed E-state index contributed by atoms with van der Waals surface area (Å²) in [4.78, 5) is 22.9. The monoisotopic (exact) mass is 347 g/mol. The zero-order valence-electron chi connectivity index (χ0n) is 14.3. The van der Waals surface area contributed by atoms with E-state index in [0.29, 0.717) is 11.4 Å². The number of hydrogen-bond acceptors (Lipinski definition) is 4. The summed E-state index contributed by atoms with van der Waals surface area (Å²) >= 11 is 0. The molecule has 2 atom stereocenters. The first-order chi connectivity index (χ1) is 11.8. The van der Waals surface area contributed by atoms with Crippen molar-refractivity contribution in [3.63, 3.8) is 0 Å². The number of β-amino-alcohol motifs (C(OH)–C–C–N with tert-alkyl or cyclic N) is 1. The van der Waals surface area contributed by atoms with E-state index in [0.717, 1.165) is 23.9 Å². The van der Waals surface area contributed by atoms with Gasteiger partial charge in [0.15, 0.2) is 0 Å². The summed E-state index contributed by atoms with van der Waals surface area (Å²) < 4.78 is 27.7. The molecular weight excluding hydrogens is 328 g/mol. The molecule has 1 fully saturated rings. The molecule has 5 nitrogen and oxygen atoms in total. The fraction of sp³-hybridized carbons (Fsp3) is 0.389. The van der Waals surface area contributed by atoms with E-state index in [4.69, 9.17) is 0 Å². The van der Waals surface area contributed by atoms with Crippen LogP contribution >= 0.6 is 0 Å². The van der Waals surface area contributed by atoms with Crippen molar-refractivity contribution in [3.05, 3.63) is 58.2 Å². The van der Waals surface area contributed by atoms with Crippen LogP contribution in [0.5, 0.6) is 0 Å². The van der Waals surface area contributed by atoms with Gasteiger partial charge in [0.1, 0.15) is 17.3 Å². The maximum atomic E-state index is 14.2. The molecule has 0 unspecified atom stereocenters. The Morgan fingerprint density at radius 2 is 1.84 bits per heavy atom. The normalized spacial score (nSPS) is 20.2. The summed E-state index contributed by atoms with van der Waals surface area (Å²) in [6, 6.07) is 2.37. The van der Waals surface area contributed by atoms with Crippen LogP contribution in [0.3, 0.4) is 0 Å². The van der Waals surface area contributed by atoms with Gasteiger partial charge in [0.05, 0.1) is 29.2 Å². The lowest BCUT2D eigenvalue weighted by atomic mass is 10.0. The molecule has 1 N–H and O–H groups in total. The quantitative estimate of drug-likeness (QED) is 0.907. The first kappa shape index (κ1) is 17.4. The van der Waals surface area contributed by atoms with Crippen LogP contribution in [0.2, 0.25) is 0 Å². The van der Waals surface area contributed by atoms with Gasteiger partial charge < -0.3 is 10.0 Å². The molecule has 3 rings (SSSR count). The highest BCUT2D eigenvalue weighted by molar-refractivity contribution is 5.94. The molecule has 25 heavy (non-hydrogen) atoms. The molecule has 0 saturated carbocycles. The SMILES string of the molecule is Cc1nc(C)c(C(=O)N2C[C@@H](O)C[C@@H]2c2cc(F)ccc2F)nc1C. The summed E-state index contributed by atoms with van der Waals surface area (Å²) in [6.07, 6.45) is -0.667. The lowest BCUT2D eigenvalue weighted by Crippen LogP contribution is -2.33. The minimum absolute atomic E-state index is 0.0352. The Bertz CT molecular complexity index is 841. The minimum atomic E-state index is -0.809. The van der Waals surface area contributed by atoms with Crippen LogP contribution in [-0.4, -0.2) is 38.5 Å². The van der Waals surface area contributed by atoms with Crippen LogP contribution in [-0.2, 0) is 0 Å². The third-order valence-electron chi connectivity index (χ3n) is 4.54. The van der Waals surface area contributed by atoms with E-state index in [9.17, 15) is 18.7 Å². The van der Waals surface area contributed by atoms with E-state index in [1.54, 1.807) is 20.8 Å². The Morgan fingerprint density at radius 3 is 2.56 bits per heavy atom. The Balaban J connectivity index is 2.01. The summed E-state index contributed by atoms with van der Waals surface area (Å²) in [5.41, 5.74) is 2.04. The van der Waals surface area contributed by atoms with Crippen LogP contribution in [0.15, 0.2) is 18.2 Å². The fourth-order valence-corrected chi connectivity index (χ4v) is 3.16. The Hall–Kier alpha value is -2.41. The van der Waals surface area contributed by atoms with E-state index in [-0.39, 0.29) is 24.2 Å². The molecule has 1 aliphatic heterocycles. The van der Waals surface area contributed by atoms with Crippen LogP contribution in [0.1, 0.15) is 45.6 Å². The van der Waals surface area contributed by atoms with E-state index in [2.05, 4.69) is 9.97 Å². The predicted octanol–water partition coefficient (Wildman–Crippen LogP) is 2.63. The van der Waals surface area contributed by atoms with Crippen LogP contribution in [0.25, 0.3) is 0 Å². The number of nitrogens with zero attached hydrogens (tertiary/aromatic N) is 3.